The molecule has 3 aromatic rings. The number of rotatable bonds is 4. The fraction of sp³-hybridized carbons (Fsp3) is 0.0625. The van der Waals surface area contributed by atoms with Gasteiger partial charge in [-0.25, -0.2) is 14.2 Å². The highest BCUT2D eigenvalue weighted by Crippen LogP contribution is 2.30. The van der Waals surface area contributed by atoms with Gasteiger partial charge in [0.2, 0.25) is 5.06 Å². The molecule has 3 rings (SSSR count). The van der Waals surface area contributed by atoms with E-state index in [2.05, 4.69) is 15.3 Å². The maximum Gasteiger partial charge on any atom is 0.327 e. The van der Waals surface area contributed by atoms with E-state index in [-0.39, 0.29) is 11.8 Å². The lowest BCUT2D eigenvalue weighted by Crippen LogP contribution is -2.31. The van der Waals surface area contributed by atoms with E-state index in [1.807, 2.05) is 0 Å². The first-order valence-corrected chi connectivity index (χ1v) is 7.77. The molecule has 1 N–H and O–H groups in total. The van der Waals surface area contributed by atoms with E-state index in [0.29, 0.717) is 21.6 Å². The van der Waals surface area contributed by atoms with Crippen LogP contribution in [0.15, 0.2) is 55.0 Å². The minimum absolute atomic E-state index is 0.352. The van der Waals surface area contributed by atoms with Crippen molar-refractivity contribution in [2.24, 2.45) is 0 Å². The Balaban J connectivity index is 1.64. The quantitative estimate of drug-likeness (QED) is 0.772. The lowest BCUT2D eigenvalue weighted by molar-refractivity contribution is 0.258. The van der Waals surface area contributed by atoms with E-state index in [4.69, 9.17) is 4.74 Å². The summed E-state index contributed by atoms with van der Waals surface area (Å²) in [6.45, 7) is 0. The molecule has 2 amide bonds. The number of hydrogen-bond donors (Lipinski definition) is 1. The average molecular weight is 344 g/mol. The number of halogens is 1. The summed E-state index contributed by atoms with van der Waals surface area (Å²) in [6, 6.07) is 8.96. The van der Waals surface area contributed by atoms with Gasteiger partial charge in [0.15, 0.2) is 5.13 Å². The Morgan fingerprint density at radius 1 is 1.29 bits per heavy atom. The maximum atomic E-state index is 13.1. The van der Waals surface area contributed by atoms with Crippen LogP contribution in [0.1, 0.15) is 0 Å². The van der Waals surface area contributed by atoms with Crippen molar-refractivity contribution in [1.82, 2.24) is 9.97 Å². The van der Waals surface area contributed by atoms with Crippen molar-refractivity contribution < 1.29 is 13.9 Å². The highest BCUT2D eigenvalue weighted by molar-refractivity contribution is 7.17. The average Bonchev–Trinajstić information content (AvgIpc) is 3.02. The smallest absolute Gasteiger partial charge is 0.327 e. The van der Waals surface area contributed by atoms with Crippen LogP contribution in [-0.4, -0.2) is 23.0 Å². The molecule has 6 nitrogen and oxygen atoms in total. The van der Waals surface area contributed by atoms with Crippen LogP contribution in [0.3, 0.4) is 0 Å². The molecular formula is C16H13FN4O2S. The molecule has 0 fully saturated rings. The molecular weight excluding hydrogens is 331 g/mol. The monoisotopic (exact) mass is 344 g/mol. The predicted molar refractivity (Wildman–Crippen MR) is 90.2 cm³/mol. The molecule has 0 aliphatic heterocycles. The standard InChI is InChI=1S/C16H13FN4O2S/c1-21(12-5-3-7-18-9-12)16(22)20-15-19-10-14(24-15)23-13-6-2-4-11(17)8-13/h2-10H,1H3,(H,19,20,22). The van der Waals surface area contributed by atoms with Gasteiger partial charge in [0.05, 0.1) is 18.1 Å². The van der Waals surface area contributed by atoms with E-state index < -0.39 is 0 Å². The van der Waals surface area contributed by atoms with Gasteiger partial charge in [-0.1, -0.05) is 17.4 Å². The summed E-state index contributed by atoms with van der Waals surface area (Å²) in [5.41, 5.74) is 0.655. The van der Waals surface area contributed by atoms with E-state index >= 15 is 0 Å². The third-order valence-electron chi connectivity index (χ3n) is 3.05. The summed E-state index contributed by atoms with van der Waals surface area (Å²) in [6.07, 6.45) is 4.68. The van der Waals surface area contributed by atoms with Crippen molar-refractivity contribution in [2.75, 3.05) is 17.3 Å². The summed E-state index contributed by atoms with van der Waals surface area (Å²) in [7, 11) is 1.63. The number of amides is 2. The van der Waals surface area contributed by atoms with Crippen LogP contribution in [-0.2, 0) is 0 Å². The van der Waals surface area contributed by atoms with E-state index in [9.17, 15) is 9.18 Å². The van der Waals surface area contributed by atoms with Crippen LogP contribution in [0.5, 0.6) is 10.8 Å². The summed E-state index contributed by atoms with van der Waals surface area (Å²) in [5.74, 6) is -0.0207. The number of anilines is 2. The Morgan fingerprint density at radius 2 is 2.17 bits per heavy atom. The maximum absolute atomic E-state index is 13.1. The fourth-order valence-corrected chi connectivity index (χ4v) is 2.53. The molecule has 122 valence electrons. The Kier molecular flexibility index (Phi) is 4.66. The highest BCUT2D eigenvalue weighted by atomic mass is 32.1. The first kappa shape index (κ1) is 15.9. The molecule has 8 heteroatoms. The number of urea groups is 1. The minimum atomic E-state index is -0.386. The van der Waals surface area contributed by atoms with Crippen molar-refractivity contribution in [1.29, 1.82) is 0 Å². The van der Waals surface area contributed by atoms with Crippen molar-refractivity contribution in [3.05, 3.63) is 60.8 Å². The molecule has 2 aromatic heterocycles. The number of benzene rings is 1. The van der Waals surface area contributed by atoms with Crippen molar-refractivity contribution in [3.63, 3.8) is 0 Å². The summed E-state index contributed by atoms with van der Waals surface area (Å²) in [4.78, 5) is 21.7. The van der Waals surface area contributed by atoms with Crippen LogP contribution in [0.25, 0.3) is 0 Å². The van der Waals surface area contributed by atoms with Crippen LogP contribution in [0.2, 0.25) is 0 Å². The van der Waals surface area contributed by atoms with Gasteiger partial charge in [-0.15, -0.1) is 0 Å². The van der Waals surface area contributed by atoms with E-state index in [1.54, 1.807) is 43.7 Å². The molecule has 24 heavy (non-hydrogen) atoms. The number of thiazole rings is 1. The number of nitrogens with one attached hydrogen (secondary N) is 1. The molecule has 0 saturated heterocycles. The van der Waals surface area contributed by atoms with E-state index in [0.717, 1.165) is 11.3 Å². The number of carbonyl (C=O) groups is 1. The summed E-state index contributed by atoms with van der Waals surface area (Å²) < 4.78 is 18.6. The Morgan fingerprint density at radius 3 is 2.92 bits per heavy atom. The van der Waals surface area contributed by atoms with Gasteiger partial charge < -0.3 is 4.74 Å². The molecule has 0 bridgehead atoms. The van der Waals surface area contributed by atoms with Crippen LogP contribution < -0.4 is 15.0 Å². The number of ether oxygens (including phenoxy) is 1. The molecule has 2 heterocycles. The third-order valence-corrected chi connectivity index (χ3v) is 3.84. The lowest BCUT2D eigenvalue weighted by Gasteiger charge is -2.16. The second kappa shape index (κ2) is 7.05. The zero-order chi connectivity index (χ0) is 16.9. The molecule has 1 aromatic carbocycles. The number of pyridine rings is 1. The van der Waals surface area contributed by atoms with Gasteiger partial charge in [-0.05, 0) is 24.3 Å². The van der Waals surface area contributed by atoms with Gasteiger partial charge in [0.25, 0.3) is 0 Å². The van der Waals surface area contributed by atoms with Crippen LogP contribution in [0.4, 0.5) is 20.0 Å². The molecule has 0 aliphatic carbocycles. The Hall–Kier alpha value is -3.00. The minimum Gasteiger partial charge on any atom is -0.445 e. The molecule has 0 atom stereocenters. The lowest BCUT2D eigenvalue weighted by atomic mass is 10.3. The number of aromatic nitrogens is 2. The highest BCUT2D eigenvalue weighted by Gasteiger charge is 2.13. The Bertz CT molecular complexity index is 841. The number of nitrogens with zero attached hydrogens (tertiary/aromatic N) is 3. The second-order valence-corrected chi connectivity index (χ2v) is 5.74. The van der Waals surface area contributed by atoms with Crippen molar-refractivity contribution >= 4 is 28.2 Å². The Labute approximate surface area is 141 Å². The predicted octanol–water partition coefficient (Wildman–Crippen LogP) is 4.14. The van der Waals surface area contributed by atoms with Gasteiger partial charge in [-0.2, -0.15) is 0 Å². The van der Waals surface area contributed by atoms with Gasteiger partial charge >= 0.3 is 6.03 Å². The summed E-state index contributed by atoms with van der Waals surface area (Å²) in [5, 5.41) is 3.49. The van der Waals surface area contributed by atoms with Crippen LogP contribution in [0, 0.1) is 5.82 Å². The third kappa shape index (κ3) is 3.85. The first-order valence-electron chi connectivity index (χ1n) is 6.96. The number of carbonyl (C=O) groups excluding carboxylic acids is 1. The molecule has 0 spiro atoms. The largest absolute Gasteiger partial charge is 0.445 e. The zero-order valence-electron chi connectivity index (χ0n) is 12.6. The number of hydrogen-bond acceptors (Lipinski definition) is 5. The molecule has 0 aliphatic rings. The van der Waals surface area contributed by atoms with Crippen molar-refractivity contribution in [2.45, 2.75) is 0 Å². The SMILES string of the molecule is CN(C(=O)Nc1ncc(Oc2cccc(F)c2)s1)c1cccnc1. The topological polar surface area (TPSA) is 67.4 Å². The van der Waals surface area contributed by atoms with Gasteiger partial charge in [0.1, 0.15) is 11.6 Å². The normalized spacial score (nSPS) is 10.2. The second-order valence-electron chi connectivity index (χ2n) is 4.74. The summed E-state index contributed by atoms with van der Waals surface area (Å²) >= 11 is 1.14. The van der Waals surface area contributed by atoms with Gasteiger partial charge in [0, 0.05) is 19.3 Å². The molecule has 0 saturated carbocycles. The molecule has 0 radical (unpaired) electrons. The van der Waals surface area contributed by atoms with Crippen molar-refractivity contribution in [3.8, 4) is 10.8 Å². The van der Waals surface area contributed by atoms with E-state index in [1.165, 1.54) is 23.2 Å². The van der Waals surface area contributed by atoms with Crippen LogP contribution >= 0.6 is 11.3 Å². The fourth-order valence-electron chi connectivity index (χ4n) is 1.86. The molecule has 0 unspecified atom stereocenters. The van der Waals surface area contributed by atoms with Gasteiger partial charge in [-0.3, -0.25) is 15.2 Å². The zero-order valence-corrected chi connectivity index (χ0v) is 13.5. The first-order chi connectivity index (χ1) is 11.6.